The Hall–Kier alpha value is -2.06. The summed E-state index contributed by atoms with van der Waals surface area (Å²) in [6.07, 6.45) is 3.15. The van der Waals surface area contributed by atoms with E-state index >= 15 is 0 Å². The van der Waals surface area contributed by atoms with E-state index in [9.17, 15) is 9.90 Å². The third-order valence-electron chi connectivity index (χ3n) is 3.70. The molecule has 3 rings (SSSR count). The van der Waals surface area contributed by atoms with Crippen LogP contribution in [0.3, 0.4) is 0 Å². The number of piperidine rings is 1. The van der Waals surface area contributed by atoms with Crippen molar-refractivity contribution in [3.05, 3.63) is 22.8 Å². The van der Waals surface area contributed by atoms with Crippen molar-refractivity contribution in [2.45, 2.75) is 32.8 Å². The predicted molar refractivity (Wildman–Crippen MR) is 89.6 cm³/mol. The zero-order valence-electron chi connectivity index (χ0n) is 13.1. The van der Waals surface area contributed by atoms with Crippen molar-refractivity contribution in [3.63, 3.8) is 0 Å². The second kappa shape index (κ2) is 6.59. The summed E-state index contributed by atoms with van der Waals surface area (Å²) in [6, 6.07) is 1.83. The highest BCUT2D eigenvalue weighted by Gasteiger charge is 2.19. The van der Waals surface area contributed by atoms with E-state index in [0.717, 1.165) is 25.2 Å². The molecule has 122 valence electrons. The van der Waals surface area contributed by atoms with Crippen LogP contribution in [-0.4, -0.2) is 45.0 Å². The summed E-state index contributed by atoms with van der Waals surface area (Å²) >= 11 is 1.30. The van der Waals surface area contributed by atoms with Gasteiger partial charge >= 0.3 is 0 Å². The van der Waals surface area contributed by atoms with Gasteiger partial charge in [-0.15, -0.1) is 0 Å². The van der Waals surface area contributed by atoms with Crippen molar-refractivity contribution >= 4 is 34.0 Å². The molecule has 7 nitrogen and oxygen atoms in total. The molecule has 1 aliphatic heterocycles. The number of carbonyl (C=O) groups excluding carboxylic acids is 1. The minimum absolute atomic E-state index is 0.00465. The van der Waals surface area contributed by atoms with Crippen LogP contribution in [0.5, 0.6) is 0 Å². The number of anilines is 3. The van der Waals surface area contributed by atoms with Gasteiger partial charge in [-0.25, -0.2) is 9.97 Å². The summed E-state index contributed by atoms with van der Waals surface area (Å²) in [5.41, 5.74) is 0.709. The molecular weight excluding hydrogens is 314 g/mol. The van der Waals surface area contributed by atoms with Gasteiger partial charge in [-0.2, -0.15) is 4.98 Å². The van der Waals surface area contributed by atoms with Crippen molar-refractivity contribution in [1.29, 1.82) is 0 Å². The average Bonchev–Trinajstić information content (AvgIpc) is 2.88. The molecule has 0 amide bonds. The lowest BCUT2D eigenvalue weighted by Crippen LogP contribution is -2.38. The molecule has 2 aromatic rings. The van der Waals surface area contributed by atoms with Crippen molar-refractivity contribution in [3.8, 4) is 0 Å². The van der Waals surface area contributed by atoms with Gasteiger partial charge in [-0.05, 0) is 25.8 Å². The molecule has 1 saturated heterocycles. The van der Waals surface area contributed by atoms with Gasteiger partial charge in [0.2, 0.25) is 5.95 Å². The number of Topliss-reactive ketones (excluding diaryl/α,β-unsaturated/α-hetero) is 1. The van der Waals surface area contributed by atoms with Crippen molar-refractivity contribution < 1.29 is 9.90 Å². The number of carbonyl (C=O) groups is 1. The van der Waals surface area contributed by atoms with E-state index in [1.807, 2.05) is 13.0 Å². The molecular formula is C15H19N5O2S. The number of ketones is 1. The van der Waals surface area contributed by atoms with E-state index in [2.05, 4.69) is 25.2 Å². The molecule has 0 spiro atoms. The second-order valence-corrected chi connectivity index (χ2v) is 6.59. The van der Waals surface area contributed by atoms with Crippen LogP contribution >= 0.6 is 11.3 Å². The van der Waals surface area contributed by atoms with Crippen LogP contribution in [0.2, 0.25) is 0 Å². The van der Waals surface area contributed by atoms with Gasteiger partial charge in [-0.3, -0.25) is 10.1 Å². The molecule has 2 aromatic heterocycles. The van der Waals surface area contributed by atoms with Gasteiger partial charge in [0.05, 0.1) is 16.7 Å². The van der Waals surface area contributed by atoms with Crippen LogP contribution in [0.25, 0.3) is 0 Å². The standard InChI is InChI=1S/C15H19N5O2S/c1-9-13(10(2)21)23-15(17-9)19-14-16-6-5-12(18-14)20-7-3-4-11(22)8-20/h5-6,11,22H,3-4,7-8H2,1-2H3,(H,16,17,18,19). The molecule has 0 bridgehead atoms. The highest BCUT2D eigenvalue weighted by atomic mass is 32.1. The minimum Gasteiger partial charge on any atom is -0.391 e. The summed E-state index contributed by atoms with van der Waals surface area (Å²) in [6.45, 7) is 4.80. The van der Waals surface area contributed by atoms with Gasteiger partial charge in [0.25, 0.3) is 0 Å². The number of hydrogen-bond acceptors (Lipinski definition) is 8. The molecule has 0 saturated carbocycles. The summed E-state index contributed by atoms with van der Waals surface area (Å²) < 4.78 is 0. The number of β-amino-alcohol motifs (C(OH)–C–C–N with tert-alkyl or cyclic N) is 1. The number of aromatic nitrogens is 3. The normalized spacial score (nSPS) is 18.0. The number of aliphatic hydroxyl groups excluding tert-OH is 1. The minimum atomic E-state index is -0.310. The number of nitrogens with one attached hydrogen (secondary N) is 1. The Morgan fingerprint density at radius 1 is 1.48 bits per heavy atom. The molecule has 23 heavy (non-hydrogen) atoms. The van der Waals surface area contributed by atoms with Crippen molar-refractivity contribution in [1.82, 2.24) is 15.0 Å². The fraction of sp³-hybridized carbons (Fsp3) is 0.467. The van der Waals surface area contributed by atoms with Gasteiger partial charge in [0.1, 0.15) is 5.82 Å². The molecule has 8 heteroatoms. The predicted octanol–water partition coefficient (Wildman–Crippen LogP) is 2.15. The Balaban J connectivity index is 1.77. The first kappa shape index (κ1) is 15.8. The van der Waals surface area contributed by atoms with Crippen LogP contribution in [0, 0.1) is 6.92 Å². The third kappa shape index (κ3) is 3.65. The van der Waals surface area contributed by atoms with Crippen LogP contribution < -0.4 is 10.2 Å². The quantitative estimate of drug-likeness (QED) is 0.828. The Bertz CT molecular complexity index is 718. The first-order valence-electron chi connectivity index (χ1n) is 7.54. The van der Waals surface area contributed by atoms with Crippen LogP contribution in [0.15, 0.2) is 12.3 Å². The number of thiazole rings is 1. The lowest BCUT2D eigenvalue weighted by molar-refractivity contribution is 0.102. The van der Waals surface area contributed by atoms with Gasteiger partial charge in [0.15, 0.2) is 10.9 Å². The van der Waals surface area contributed by atoms with Crippen molar-refractivity contribution in [2.24, 2.45) is 0 Å². The van der Waals surface area contributed by atoms with Crippen LogP contribution in [-0.2, 0) is 0 Å². The highest BCUT2D eigenvalue weighted by Crippen LogP contribution is 2.26. The summed E-state index contributed by atoms with van der Waals surface area (Å²) in [5, 5.41) is 13.4. The molecule has 0 aliphatic carbocycles. The van der Waals surface area contributed by atoms with Gasteiger partial charge in [-0.1, -0.05) is 11.3 Å². The molecule has 3 heterocycles. The molecule has 0 radical (unpaired) electrons. The Labute approximate surface area is 138 Å². The largest absolute Gasteiger partial charge is 0.391 e. The van der Waals surface area contributed by atoms with Gasteiger partial charge < -0.3 is 10.0 Å². The van der Waals surface area contributed by atoms with Crippen LogP contribution in [0.4, 0.5) is 16.9 Å². The maximum atomic E-state index is 11.5. The molecule has 1 aliphatic rings. The zero-order chi connectivity index (χ0) is 16.4. The van der Waals surface area contributed by atoms with Crippen molar-refractivity contribution in [2.75, 3.05) is 23.3 Å². The van der Waals surface area contributed by atoms with Gasteiger partial charge in [0, 0.05) is 26.2 Å². The van der Waals surface area contributed by atoms with E-state index < -0.39 is 0 Å². The molecule has 2 N–H and O–H groups in total. The van der Waals surface area contributed by atoms with Crippen LogP contribution in [0.1, 0.15) is 35.1 Å². The average molecular weight is 333 g/mol. The Morgan fingerprint density at radius 3 is 3.00 bits per heavy atom. The maximum Gasteiger partial charge on any atom is 0.230 e. The Morgan fingerprint density at radius 2 is 2.30 bits per heavy atom. The summed E-state index contributed by atoms with van der Waals surface area (Å²) in [4.78, 5) is 27.2. The number of rotatable bonds is 4. The van der Waals surface area contributed by atoms with E-state index in [0.29, 0.717) is 28.2 Å². The SMILES string of the molecule is CC(=O)c1sc(Nc2nccc(N3CCCC(O)C3)n2)nc1C. The highest BCUT2D eigenvalue weighted by molar-refractivity contribution is 7.17. The lowest BCUT2D eigenvalue weighted by Gasteiger charge is -2.30. The zero-order valence-corrected chi connectivity index (χ0v) is 13.9. The van der Waals surface area contributed by atoms with E-state index in [1.165, 1.54) is 18.3 Å². The number of nitrogens with zero attached hydrogens (tertiary/aromatic N) is 4. The number of aryl methyl sites for hydroxylation is 1. The molecule has 0 aromatic carbocycles. The smallest absolute Gasteiger partial charge is 0.230 e. The molecule has 1 atom stereocenters. The Kier molecular flexibility index (Phi) is 4.53. The summed E-state index contributed by atoms with van der Waals surface area (Å²) in [5.74, 6) is 1.22. The second-order valence-electron chi connectivity index (χ2n) is 5.60. The summed E-state index contributed by atoms with van der Waals surface area (Å²) in [7, 11) is 0. The van der Waals surface area contributed by atoms with E-state index in [4.69, 9.17) is 0 Å². The first-order valence-corrected chi connectivity index (χ1v) is 8.36. The van der Waals surface area contributed by atoms with E-state index in [-0.39, 0.29) is 11.9 Å². The fourth-order valence-corrected chi connectivity index (χ4v) is 3.48. The third-order valence-corrected chi connectivity index (χ3v) is 4.87. The maximum absolute atomic E-state index is 11.5. The topological polar surface area (TPSA) is 91.2 Å². The number of aliphatic hydroxyl groups is 1. The van der Waals surface area contributed by atoms with E-state index in [1.54, 1.807) is 6.20 Å². The first-order chi connectivity index (χ1) is 11.0. The lowest BCUT2D eigenvalue weighted by atomic mass is 10.1. The fourth-order valence-electron chi connectivity index (χ4n) is 2.62. The monoisotopic (exact) mass is 333 g/mol. The number of hydrogen-bond donors (Lipinski definition) is 2. The molecule has 1 unspecified atom stereocenters. The molecule has 1 fully saturated rings.